The van der Waals surface area contributed by atoms with Crippen molar-refractivity contribution in [1.29, 1.82) is 0 Å². The van der Waals surface area contributed by atoms with Crippen LogP contribution in [0.3, 0.4) is 0 Å². The average molecular weight is 371 g/mol. The van der Waals surface area contributed by atoms with Crippen molar-refractivity contribution in [3.8, 4) is 11.5 Å². The van der Waals surface area contributed by atoms with Gasteiger partial charge in [-0.2, -0.15) is 18.3 Å². The van der Waals surface area contributed by atoms with Gasteiger partial charge in [-0.3, -0.25) is 5.43 Å². The van der Waals surface area contributed by atoms with Gasteiger partial charge in [0.15, 0.2) is 0 Å². The number of alkyl halides is 3. The topological polar surface area (TPSA) is 53.9 Å². The summed E-state index contributed by atoms with van der Waals surface area (Å²) in [6.07, 6.45) is -4.72. The molecule has 1 aliphatic rings. The lowest BCUT2D eigenvalue weighted by molar-refractivity contribution is -0.151. The minimum Gasteiger partial charge on any atom is -0.507 e. The molecule has 132 valence electrons. The first-order valence-corrected chi connectivity index (χ1v) is 7.80. The van der Waals surface area contributed by atoms with Crippen molar-refractivity contribution >= 4 is 17.3 Å². The molecule has 0 spiro atoms. The third-order valence-corrected chi connectivity index (χ3v) is 4.00. The van der Waals surface area contributed by atoms with Gasteiger partial charge in [-0.05, 0) is 29.8 Å². The second-order valence-corrected chi connectivity index (χ2v) is 6.02. The van der Waals surface area contributed by atoms with Crippen molar-refractivity contribution in [2.75, 3.05) is 0 Å². The molecule has 8 heteroatoms. The smallest absolute Gasteiger partial charge is 0.410 e. The van der Waals surface area contributed by atoms with Gasteiger partial charge >= 0.3 is 6.18 Å². The van der Waals surface area contributed by atoms with E-state index in [2.05, 4.69) is 5.10 Å². The lowest BCUT2D eigenvalue weighted by atomic mass is 10.0. The van der Waals surface area contributed by atoms with E-state index < -0.39 is 12.2 Å². The van der Waals surface area contributed by atoms with Gasteiger partial charge in [0.25, 0.3) is 0 Å². The van der Waals surface area contributed by atoms with Crippen LogP contribution < -0.4 is 10.2 Å². The summed E-state index contributed by atoms with van der Waals surface area (Å²) >= 11 is 5.81. The molecule has 0 saturated carbocycles. The van der Waals surface area contributed by atoms with E-state index in [4.69, 9.17) is 16.3 Å². The number of hydrogen-bond acceptors (Lipinski definition) is 4. The molecule has 1 aliphatic heterocycles. The van der Waals surface area contributed by atoms with E-state index in [-0.39, 0.29) is 30.1 Å². The third-order valence-electron chi connectivity index (χ3n) is 3.75. The molecule has 0 bridgehead atoms. The van der Waals surface area contributed by atoms with Crippen molar-refractivity contribution in [3.05, 3.63) is 58.6 Å². The minimum absolute atomic E-state index is 0.157. The van der Waals surface area contributed by atoms with E-state index in [9.17, 15) is 18.3 Å². The molecular formula is C17H14ClF3N2O2. The van der Waals surface area contributed by atoms with Crippen molar-refractivity contribution in [3.63, 3.8) is 0 Å². The number of benzene rings is 2. The summed E-state index contributed by atoms with van der Waals surface area (Å²) in [6, 6.07) is 9.79. The Hall–Kier alpha value is -2.41. The van der Waals surface area contributed by atoms with E-state index in [1.807, 2.05) is 17.6 Å². The van der Waals surface area contributed by atoms with Crippen LogP contribution in [0.1, 0.15) is 17.5 Å². The maximum Gasteiger partial charge on any atom is 0.410 e. The first-order valence-electron chi connectivity index (χ1n) is 7.42. The van der Waals surface area contributed by atoms with Crippen LogP contribution in [0.15, 0.2) is 47.6 Å². The summed E-state index contributed by atoms with van der Waals surface area (Å²) < 4.78 is 43.6. The highest BCUT2D eigenvalue weighted by molar-refractivity contribution is 6.30. The highest BCUT2D eigenvalue weighted by Crippen LogP contribution is 2.31. The summed E-state index contributed by atoms with van der Waals surface area (Å²) in [5.74, 6) is 0.215. The first-order chi connectivity index (χ1) is 11.8. The number of halogens is 4. The molecular weight excluding hydrogens is 357 g/mol. The lowest BCUT2D eigenvalue weighted by Gasteiger charge is -2.13. The molecule has 25 heavy (non-hydrogen) atoms. The molecule has 0 fully saturated rings. The summed E-state index contributed by atoms with van der Waals surface area (Å²) in [7, 11) is 0. The second-order valence-electron chi connectivity index (χ2n) is 5.58. The Bertz CT molecular complexity index is 791. The van der Waals surface area contributed by atoms with Crippen LogP contribution in [-0.2, 0) is 6.61 Å². The van der Waals surface area contributed by atoms with Crippen molar-refractivity contribution < 1.29 is 23.0 Å². The van der Waals surface area contributed by atoms with Crippen molar-refractivity contribution in [1.82, 2.24) is 5.43 Å². The molecule has 3 rings (SSSR count). The van der Waals surface area contributed by atoms with Gasteiger partial charge in [0.1, 0.15) is 24.1 Å². The first kappa shape index (κ1) is 17.4. The number of aromatic hydroxyl groups is 1. The Morgan fingerprint density at radius 2 is 1.92 bits per heavy atom. The van der Waals surface area contributed by atoms with Crippen LogP contribution in [0.2, 0.25) is 5.02 Å². The standard InChI is InChI=1S/C17H14ClF3N2O2/c18-11-3-1-10(2-4-11)9-25-12-5-6-13(15(24)7-12)14-8-16(23-22-14)17(19,20)21/h1-7,16,23-24H,8-9H2. The lowest BCUT2D eigenvalue weighted by Crippen LogP contribution is -2.36. The Balaban J connectivity index is 1.66. The SMILES string of the molecule is Oc1cc(OCc2ccc(Cl)cc2)ccc1C1=NNC(C(F)(F)F)C1. The normalized spacial score (nSPS) is 17.1. The van der Waals surface area contributed by atoms with Crippen LogP contribution in [0.25, 0.3) is 0 Å². The highest BCUT2D eigenvalue weighted by Gasteiger charge is 2.43. The number of nitrogens with zero attached hydrogens (tertiary/aromatic N) is 1. The summed E-state index contributed by atoms with van der Waals surface area (Å²) in [5.41, 5.74) is 3.35. The van der Waals surface area contributed by atoms with Gasteiger partial charge in [-0.15, -0.1) is 0 Å². The van der Waals surface area contributed by atoms with Gasteiger partial charge in [0.05, 0.1) is 5.71 Å². The quantitative estimate of drug-likeness (QED) is 0.845. The molecule has 0 aromatic heterocycles. The maximum atomic E-state index is 12.7. The number of hydrazone groups is 1. The van der Waals surface area contributed by atoms with E-state index in [0.717, 1.165) is 5.56 Å². The molecule has 1 unspecified atom stereocenters. The molecule has 0 saturated heterocycles. The molecule has 4 nitrogen and oxygen atoms in total. The van der Waals surface area contributed by atoms with E-state index in [1.165, 1.54) is 12.1 Å². The molecule has 2 aromatic carbocycles. The Morgan fingerprint density at radius 1 is 1.20 bits per heavy atom. The molecule has 2 aromatic rings. The van der Waals surface area contributed by atoms with Gasteiger partial charge in [0.2, 0.25) is 0 Å². The number of nitrogens with one attached hydrogen (secondary N) is 1. The predicted octanol–water partition coefficient (Wildman–Crippen LogP) is 4.25. The molecule has 0 aliphatic carbocycles. The Kier molecular flexibility index (Phi) is 4.76. The number of phenolic OH excluding ortho intramolecular Hbond substituents is 1. The molecule has 1 atom stereocenters. The molecule has 0 radical (unpaired) electrons. The zero-order valence-electron chi connectivity index (χ0n) is 12.8. The average Bonchev–Trinajstić information content (AvgIpc) is 3.04. The van der Waals surface area contributed by atoms with E-state index >= 15 is 0 Å². The third kappa shape index (κ3) is 4.17. The van der Waals surface area contributed by atoms with Crippen LogP contribution in [0.4, 0.5) is 13.2 Å². The fourth-order valence-corrected chi connectivity index (χ4v) is 2.52. The number of phenols is 1. The van der Waals surface area contributed by atoms with Gasteiger partial charge < -0.3 is 9.84 Å². The van der Waals surface area contributed by atoms with Crippen molar-refractivity contribution in [2.24, 2.45) is 5.10 Å². The summed E-state index contributed by atoms with van der Waals surface area (Å²) in [6.45, 7) is 0.272. The number of hydrogen-bond donors (Lipinski definition) is 2. The van der Waals surface area contributed by atoms with Gasteiger partial charge in [-0.1, -0.05) is 23.7 Å². The van der Waals surface area contributed by atoms with Crippen LogP contribution in [0, 0.1) is 0 Å². The second kappa shape index (κ2) is 6.84. The largest absolute Gasteiger partial charge is 0.507 e. The summed E-state index contributed by atoms with van der Waals surface area (Å²) in [4.78, 5) is 0. The molecule has 1 heterocycles. The fraction of sp³-hybridized carbons (Fsp3) is 0.235. The van der Waals surface area contributed by atoms with Crippen LogP contribution in [-0.4, -0.2) is 23.0 Å². The number of ether oxygens (including phenoxy) is 1. The van der Waals surface area contributed by atoms with Gasteiger partial charge in [-0.25, -0.2) is 0 Å². The molecule has 2 N–H and O–H groups in total. The van der Waals surface area contributed by atoms with E-state index in [1.54, 1.807) is 18.2 Å². The van der Waals surface area contributed by atoms with E-state index in [0.29, 0.717) is 10.8 Å². The zero-order chi connectivity index (χ0) is 18.0. The monoisotopic (exact) mass is 370 g/mol. The zero-order valence-corrected chi connectivity index (χ0v) is 13.6. The number of rotatable bonds is 4. The van der Waals surface area contributed by atoms with Crippen LogP contribution >= 0.6 is 11.6 Å². The maximum absolute atomic E-state index is 12.7. The Morgan fingerprint density at radius 3 is 2.52 bits per heavy atom. The van der Waals surface area contributed by atoms with Gasteiger partial charge in [0, 0.05) is 23.1 Å². The highest BCUT2D eigenvalue weighted by atomic mass is 35.5. The van der Waals surface area contributed by atoms with Crippen molar-refractivity contribution in [2.45, 2.75) is 25.2 Å². The minimum atomic E-state index is -4.39. The Labute approximate surface area is 146 Å². The predicted molar refractivity (Wildman–Crippen MR) is 88.0 cm³/mol. The molecule has 0 amide bonds. The fourth-order valence-electron chi connectivity index (χ4n) is 2.39. The summed E-state index contributed by atoms with van der Waals surface area (Å²) in [5, 5.41) is 14.4. The van der Waals surface area contributed by atoms with Crippen LogP contribution in [0.5, 0.6) is 11.5 Å².